The highest BCUT2D eigenvalue weighted by Gasteiger charge is 2.17. The molecule has 1 heterocycles. The molecule has 1 saturated heterocycles. The molecule has 0 bridgehead atoms. The van der Waals surface area contributed by atoms with Gasteiger partial charge < -0.3 is 10.2 Å². The molecule has 0 spiro atoms. The molecule has 1 aliphatic rings. The first-order valence-electron chi connectivity index (χ1n) is 9.42. The number of rotatable bonds is 7. The maximum Gasteiger partial charge on any atom is 0.238 e. The van der Waals surface area contributed by atoms with Crippen LogP contribution in [-0.4, -0.2) is 51.9 Å². The van der Waals surface area contributed by atoms with E-state index in [4.69, 9.17) is 16.7 Å². The van der Waals surface area contributed by atoms with Crippen molar-refractivity contribution < 1.29 is 13.2 Å². The van der Waals surface area contributed by atoms with E-state index < -0.39 is 10.0 Å². The van der Waals surface area contributed by atoms with Gasteiger partial charge in [0.15, 0.2) is 0 Å². The Morgan fingerprint density at radius 2 is 1.62 bits per heavy atom. The second kappa shape index (κ2) is 9.58. The molecule has 1 aliphatic heterocycles. The van der Waals surface area contributed by atoms with Gasteiger partial charge >= 0.3 is 0 Å². The summed E-state index contributed by atoms with van der Waals surface area (Å²) < 4.78 is 22.5. The Labute approximate surface area is 176 Å². The molecule has 3 N–H and O–H groups in total. The lowest BCUT2D eigenvalue weighted by Gasteiger charge is -2.36. The van der Waals surface area contributed by atoms with Crippen LogP contribution >= 0.6 is 11.6 Å². The molecular weight excluding hydrogens is 412 g/mol. The molecule has 1 amide bonds. The summed E-state index contributed by atoms with van der Waals surface area (Å²) >= 11 is 5.94. The second-order valence-electron chi connectivity index (χ2n) is 7.02. The molecule has 3 rings (SSSR count). The number of carbonyl (C=O) groups is 1. The van der Waals surface area contributed by atoms with Gasteiger partial charge in [0.25, 0.3) is 0 Å². The van der Waals surface area contributed by atoms with E-state index in [-0.39, 0.29) is 10.8 Å². The Kier molecular flexibility index (Phi) is 7.13. The normalized spacial score (nSPS) is 15.3. The predicted octanol–water partition coefficient (Wildman–Crippen LogP) is 1.82. The van der Waals surface area contributed by atoms with Gasteiger partial charge in [-0.25, -0.2) is 13.6 Å². The van der Waals surface area contributed by atoms with E-state index in [1.165, 1.54) is 17.8 Å². The molecule has 2 aromatic carbocycles. The van der Waals surface area contributed by atoms with Crippen molar-refractivity contribution in [2.24, 2.45) is 5.14 Å². The molecule has 0 radical (unpaired) electrons. The van der Waals surface area contributed by atoms with Gasteiger partial charge in [0, 0.05) is 56.4 Å². The standard InChI is InChI=1S/C20H25ClN4O3S/c21-17-3-5-18(6-4-17)25-13-11-24(12-14-25)10-9-20(26)23-15-16-1-7-19(8-2-16)29(22,27)28/h1-8H,9-15H2,(H,23,26)(H2,22,27,28). The van der Waals surface area contributed by atoms with Crippen molar-refractivity contribution in [3.8, 4) is 0 Å². The molecule has 0 saturated carbocycles. The summed E-state index contributed by atoms with van der Waals surface area (Å²) in [7, 11) is -3.70. The third-order valence-corrected chi connectivity index (χ3v) is 6.14. The van der Waals surface area contributed by atoms with Crippen LogP contribution in [0.5, 0.6) is 0 Å². The summed E-state index contributed by atoms with van der Waals surface area (Å²) in [5, 5.41) is 8.68. The molecular formula is C20H25ClN4O3S. The number of hydrogen-bond acceptors (Lipinski definition) is 5. The molecule has 0 aromatic heterocycles. The highest BCUT2D eigenvalue weighted by Crippen LogP contribution is 2.19. The summed E-state index contributed by atoms with van der Waals surface area (Å²) in [6.45, 7) is 4.72. The average molecular weight is 437 g/mol. The van der Waals surface area contributed by atoms with Gasteiger partial charge in [-0.1, -0.05) is 23.7 Å². The van der Waals surface area contributed by atoms with Crippen LogP contribution in [0.3, 0.4) is 0 Å². The number of nitrogens with zero attached hydrogens (tertiary/aromatic N) is 2. The number of nitrogens with two attached hydrogens (primary N) is 1. The fourth-order valence-electron chi connectivity index (χ4n) is 3.23. The third kappa shape index (κ3) is 6.43. The van der Waals surface area contributed by atoms with Crippen molar-refractivity contribution in [1.29, 1.82) is 0 Å². The number of benzene rings is 2. The van der Waals surface area contributed by atoms with Crippen molar-refractivity contribution in [2.75, 3.05) is 37.6 Å². The second-order valence-corrected chi connectivity index (χ2v) is 9.02. The number of hydrogen-bond donors (Lipinski definition) is 2. The number of nitrogens with one attached hydrogen (secondary N) is 1. The number of primary sulfonamides is 1. The van der Waals surface area contributed by atoms with Crippen LogP contribution in [0.15, 0.2) is 53.4 Å². The Bertz CT molecular complexity index is 925. The van der Waals surface area contributed by atoms with Gasteiger partial charge in [-0.3, -0.25) is 9.69 Å². The van der Waals surface area contributed by atoms with E-state index in [1.54, 1.807) is 12.1 Å². The van der Waals surface area contributed by atoms with Gasteiger partial charge in [-0.05, 0) is 42.0 Å². The van der Waals surface area contributed by atoms with Gasteiger partial charge in [-0.15, -0.1) is 0 Å². The number of anilines is 1. The molecule has 7 nitrogen and oxygen atoms in total. The monoisotopic (exact) mass is 436 g/mol. The minimum absolute atomic E-state index is 0.0272. The lowest BCUT2D eigenvalue weighted by molar-refractivity contribution is -0.121. The lowest BCUT2D eigenvalue weighted by Crippen LogP contribution is -2.47. The molecule has 156 valence electrons. The van der Waals surface area contributed by atoms with Crippen LogP contribution in [0.4, 0.5) is 5.69 Å². The Morgan fingerprint density at radius 1 is 1.00 bits per heavy atom. The van der Waals surface area contributed by atoms with Gasteiger partial charge in [0.2, 0.25) is 15.9 Å². The summed E-state index contributed by atoms with van der Waals surface area (Å²) in [5.74, 6) is -0.0272. The third-order valence-electron chi connectivity index (χ3n) is 4.96. The van der Waals surface area contributed by atoms with Crippen LogP contribution in [0, 0.1) is 0 Å². The van der Waals surface area contributed by atoms with Gasteiger partial charge in [0.05, 0.1) is 4.90 Å². The van der Waals surface area contributed by atoms with Crippen LogP contribution < -0.4 is 15.4 Å². The predicted molar refractivity (Wildman–Crippen MR) is 114 cm³/mol. The summed E-state index contributed by atoms with van der Waals surface area (Å²) in [5.41, 5.74) is 1.99. The first-order chi connectivity index (χ1) is 13.8. The average Bonchev–Trinajstić information content (AvgIpc) is 2.71. The van der Waals surface area contributed by atoms with E-state index in [0.29, 0.717) is 19.5 Å². The summed E-state index contributed by atoms with van der Waals surface area (Å²) in [4.78, 5) is 16.8. The summed E-state index contributed by atoms with van der Waals surface area (Å²) in [6, 6.07) is 14.0. The van der Waals surface area contributed by atoms with Gasteiger partial charge in [0.1, 0.15) is 0 Å². The lowest BCUT2D eigenvalue weighted by atomic mass is 10.2. The Hall–Kier alpha value is -2.13. The smallest absolute Gasteiger partial charge is 0.238 e. The topological polar surface area (TPSA) is 95.7 Å². The van der Waals surface area contributed by atoms with E-state index >= 15 is 0 Å². The minimum Gasteiger partial charge on any atom is -0.369 e. The zero-order valence-corrected chi connectivity index (χ0v) is 17.6. The van der Waals surface area contributed by atoms with Gasteiger partial charge in [-0.2, -0.15) is 0 Å². The SMILES string of the molecule is NS(=O)(=O)c1ccc(CNC(=O)CCN2CCN(c3ccc(Cl)cc3)CC2)cc1. The van der Waals surface area contributed by atoms with Crippen molar-refractivity contribution in [1.82, 2.24) is 10.2 Å². The zero-order valence-electron chi connectivity index (χ0n) is 16.1. The van der Waals surface area contributed by atoms with E-state index in [1.807, 2.05) is 24.3 Å². The zero-order chi connectivity index (χ0) is 20.9. The van der Waals surface area contributed by atoms with E-state index in [2.05, 4.69) is 15.1 Å². The molecule has 9 heteroatoms. The fourth-order valence-corrected chi connectivity index (χ4v) is 3.87. The Morgan fingerprint density at radius 3 is 2.21 bits per heavy atom. The van der Waals surface area contributed by atoms with Crippen molar-refractivity contribution in [3.63, 3.8) is 0 Å². The fraction of sp³-hybridized carbons (Fsp3) is 0.350. The number of sulfonamides is 1. The molecule has 2 aromatic rings. The molecule has 0 atom stereocenters. The van der Waals surface area contributed by atoms with Crippen molar-refractivity contribution in [2.45, 2.75) is 17.9 Å². The molecule has 1 fully saturated rings. The number of carbonyl (C=O) groups excluding carboxylic acids is 1. The highest BCUT2D eigenvalue weighted by atomic mass is 35.5. The van der Waals surface area contributed by atoms with E-state index in [0.717, 1.165) is 36.8 Å². The minimum atomic E-state index is -3.70. The highest BCUT2D eigenvalue weighted by molar-refractivity contribution is 7.89. The maximum absolute atomic E-state index is 12.1. The quantitative estimate of drug-likeness (QED) is 0.690. The number of piperazine rings is 1. The first-order valence-corrected chi connectivity index (χ1v) is 11.3. The van der Waals surface area contributed by atoms with Crippen LogP contribution in [-0.2, 0) is 21.4 Å². The molecule has 0 unspecified atom stereocenters. The van der Waals surface area contributed by atoms with Crippen molar-refractivity contribution in [3.05, 3.63) is 59.1 Å². The largest absolute Gasteiger partial charge is 0.369 e. The van der Waals surface area contributed by atoms with Crippen LogP contribution in [0.1, 0.15) is 12.0 Å². The molecule has 0 aliphatic carbocycles. The van der Waals surface area contributed by atoms with Crippen LogP contribution in [0.2, 0.25) is 5.02 Å². The van der Waals surface area contributed by atoms with Crippen LogP contribution in [0.25, 0.3) is 0 Å². The van der Waals surface area contributed by atoms with E-state index in [9.17, 15) is 13.2 Å². The first kappa shape index (κ1) is 21.6. The number of amides is 1. The maximum atomic E-state index is 12.1. The molecule has 29 heavy (non-hydrogen) atoms. The van der Waals surface area contributed by atoms with Crippen molar-refractivity contribution >= 4 is 33.2 Å². The Balaban J connectivity index is 1.37. The number of halogens is 1. The summed E-state index contributed by atoms with van der Waals surface area (Å²) in [6.07, 6.45) is 0.427.